The Morgan fingerprint density at radius 3 is 2.81 bits per heavy atom. The van der Waals surface area contributed by atoms with Crippen molar-refractivity contribution in [3.8, 4) is 11.3 Å². The summed E-state index contributed by atoms with van der Waals surface area (Å²) in [5.41, 5.74) is 2.18. The van der Waals surface area contributed by atoms with Gasteiger partial charge in [-0.2, -0.15) is 0 Å². The van der Waals surface area contributed by atoms with E-state index >= 15 is 0 Å². The number of rotatable bonds is 6. The van der Waals surface area contributed by atoms with E-state index in [1.165, 1.54) is 17.7 Å². The number of halogens is 1. The predicted molar refractivity (Wildman–Crippen MR) is 145 cm³/mol. The van der Waals surface area contributed by atoms with Gasteiger partial charge in [-0.3, -0.25) is 9.89 Å². The second-order valence-corrected chi connectivity index (χ2v) is 9.22. The standard InChI is InChI=1S/C24H32N6S.HI/c1-25-24(27-15-19-11-7-13-29(2)23(19)21-12-8-14-31-21)30(3)17-22-26-16-20(28-22)18-9-5-4-6-10-18;/h4-6,8-10,12,14,16,19,23H,7,11,13,15,17H2,1-3H3,(H,25,27)(H,26,28);1H. The summed E-state index contributed by atoms with van der Waals surface area (Å²) < 4.78 is 0. The monoisotopic (exact) mass is 564 g/mol. The molecule has 2 aromatic heterocycles. The maximum atomic E-state index is 4.57. The van der Waals surface area contributed by atoms with Crippen LogP contribution >= 0.6 is 35.3 Å². The van der Waals surface area contributed by atoms with Gasteiger partial charge in [0, 0.05) is 31.6 Å². The van der Waals surface area contributed by atoms with Gasteiger partial charge in [0.1, 0.15) is 5.82 Å². The number of H-pyrrole nitrogens is 1. The van der Waals surface area contributed by atoms with Crippen LogP contribution in [0, 0.1) is 5.92 Å². The van der Waals surface area contributed by atoms with E-state index in [1.807, 2.05) is 42.8 Å². The van der Waals surface area contributed by atoms with Gasteiger partial charge in [-0.15, -0.1) is 35.3 Å². The minimum atomic E-state index is 0. The van der Waals surface area contributed by atoms with Crippen molar-refractivity contribution in [2.45, 2.75) is 25.4 Å². The van der Waals surface area contributed by atoms with Crippen molar-refractivity contribution in [2.24, 2.45) is 10.9 Å². The quantitative estimate of drug-likeness (QED) is 0.256. The van der Waals surface area contributed by atoms with Gasteiger partial charge in [-0.25, -0.2) is 4.98 Å². The lowest BCUT2D eigenvalue weighted by Gasteiger charge is -2.39. The molecule has 0 radical (unpaired) electrons. The second-order valence-electron chi connectivity index (χ2n) is 8.24. The lowest BCUT2D eigenvalue weighted by molar-refractivity contribution is 0.124. The molecule has 3 aromatic rings. The zero-order valence-corrected chi connectivity index (χ0v) is 22.1. The fraction of sp³-hybridized carbons (Fsp3) is 0.417. The van der Waals surface area contributed by atoms with Gasteiger partial charge in [-0.05, 0) is 49.4 Å². The molecule has 6 nitrogen and oxygen atoms in total. The van der Waals surface area contributed by atoms with Gasteiger partial charge < -0.3 is 15.2 Å². The van der Waals surface area contributed by atoms with Crippen molar-refractivity contribution in [2.75, 3.05) is 34.2 Å². The molecule has 0 saturated carbocycles. The highest BCUT2D eigenvalue weighted by molar-refractivity contribution is 14.0. The summed E-state index contributed by atoms with van der Waals surface area (Å²) in [5, 5.41) is 5.80. The van der Waals surface area contributed by atoms with Crippen molar-refractivity contribution in [3.63, 3.8) is 0 Å². The van der Waals surface area contributed by atoms with Crippen LogP contribution in [0.3, 0.4) is 0 Å². The number of hydrogen-bond donors (Lipinski definition) is 2. The molecule has 1 aromatic carbocycles. The fourth-order valence-corrected chi connectivity index (χ4v) is 5.48. The largest absolute Gasteiger partial charge is 0.356 e. The molecule has 1 aliphatic heterocycles. The van der Waals surface area contributed by atoms with Crippen molar-refractivity contribution in [1.82, 2.24) is 25.1 Å². The number of likely N-dealkylation sites (tertiary alicyclic amines) is 1. The Labute approximate surface area is 212 Å². The van der Waals surface area contributed by atoms with E-state index in [2.05, 4.69) is 73.8 Å². The van der Waals surface area contributed by atoms with Crippen LogP contribution in [0.2, 0.25) is 0 Å². The molecule has 1 fully saturated rings. The molecular weight excluding hydrogens is 531 g/mol. The molecule has 1 aliphatic rings. The topological polar surface area (TPSA) is 59.6 Å². The maximum Gasteiger partial charge on any atom is 0.193 e. The van der Waals surface area contributed by atoms with E-state index in [4.69, 9.17) is 0 Å². The van der Waals surface area contributed by atoms with Crippen molar-refractivity contribution in [3.05, 3.63) is 64.7 Å². The summed E-state index contributed by atoms with van der Waals surface area (Å²) in [5.74, 6) is 2.39. The minimum absolute atomic E-state index is 0. The number of aromatic nitrogens is 2. The first-order valence-corrected chi connectivity index (χ1v) is 11.8. The number of benzene rings is 1. The molecule has 2 N–H and O–H groups in total. The third-order valence-electron chi connectivity index (χ3n) is 6.04. The van der Waals surface area contributed by atoms with Crippen LogP contribution in [0.1, 0.15) is 29.6 Å². The average molecular weight is 565 g/mol. The number of guanidine groups is 1. The van der Waals surface area contributed by atoms with Gasteiger partial charge in [0.25, 0.3) is 0 Å². The van der Waals surface area contributed by atoms with E-state index in [9.17, 15) is 0 Å². The second kappa shape index (κ2) is 11.8. The lowest BCUT2D eigenvalue weighted by Crippen LogP contribution is -2.45. The summed E-state index contributed by atoms with van der Waals surface area (Å²) in [6.07, 6.45) is 4.38. The van der Waals surface area contributed by atoms with Crippen LogP contribution in [0.4, 0.5) is 0 Å². The molecule has 4 rings (SSSR count). The molecule has 172 valence electrons. The van der Waals surface area contributed by atoms with Crippen molar-refractivity contribution < 1.29 is 0 Å². The Hall–Kier alpha value is -1.91. The van der Waals surface area contributed by atoms with E-state index in [1.54, 1.807) is 0 Å². The third kappa shape index (κ3) is 5.90. The Morgan fingerprint density at radius 2 is 2.09 bits per heavy atom. The summed E-state index contributed by atoms with van der Waals surface area (Å²) in [6.45, 7) is 2.75. The Balaban J connectivity index is 0.00000289. The Bertz CT molecular complexity index is 972. The molecule has 8 heteroatoms. The number of piperidine rings is 1. The first-order chi connectivity index (χ1) is 15.2. The van der Waals surface area contributed by atoms with Crippen LogP contribution in [0.15, 0.2) is 59.0 Å². The molecule has 32 heavy (non-hydrogen) atoms. The first kappa shape index (κ1) is 24.7. The molecule has 0 bridgehead atoms. The summed E-state index contributed by atoms with van der Waals surface area (Å²) in [7, 11) is 6.16. The highest BCUT2D eigenvalue weighted by Crippen LogP contribution is 2.36. The van der Waals surface area contributed by atoms with Crippen LogP contribution < -0.4 is 5.32 Å². The summed E-state index contributed by atoms with van der Waals surface area (Å²) in [6, 6.07) is 15.2. The SMILES string of the molecule is CN=C(NCC1CCCN(C)C1c1cccs1)N(C)Cc1ncc(-c2ccccc2)[nH]1.I. The molecule has 2 unspecified atom stereocenters. The third-order valence-corrected chi connectivity index (χ3v) is 6.98. The highest BCUT2D eigenvalue weighted by atomic mass is 127. The zero-order chi connectivity index (χ0) is 21.6. The van der Waals surface area contributed by atoms with Gasteiger partial charge in [0.2, 0.25) is 0 Å². The molecule has 3 heterocycles. The van der Waals surface area contributed by atoms with E-state index in [0.29, 0.717) is 18.5 Å². The number of imidazole rings is 1. The van der Waals surface area contributed by atoms with Gasteiger partial charge in [0.05, 0.1) is 18.4 Å². The van der Waals surface area contributed by atoms with E-state index < -0.39 is 0 Å². The average Bonchev–Trinajstić information content (AvgIpc) is 3.47. The minimum Gasteiger partial charge on any atom is -0.356 e. The molecule has 0 spiro atoms. The number of thiophene rings is 1. The summed E-state index contributed by atoms with van der Waals surface area (Å²) >= 11 is 1.86. The molecule has 1 saturated heterocycles. The van der Waals surface area contributed by atoms with Crippen molar-refractivity contribution >= 4 is 41.3 Å². The summed E-state index contributed by atoms with van der Waals surface area (Å²) in [4.78, 5) is 18.6. The van der Waals surface area contributed by atoms with Crippen LogP contribution in [-0.2, 0) is 6.54 Å². The van der Waals surface area contributed by atoms with Crippen LogP contribution in [-0.4, -0.2) is 60.0 Å². The molecular formula is C24H33IN6S. The molecule has 2 atom stereocenters. The normalized spacial score (nSPS) is 19.4. The van der Waals surface area contributed by atoms with Crippen LogP contribution in [0.5, 0.6) is 0 Å². The van der Waals surface area contributed by atoms with Gasteiger partial charge >= 0.3 is 0 Å². The highest BCUT2D eigenvalue weighted by Gasteiger charge is 2.31. The first-order valence-electron chi connectivity index (χ1n) is 10.9. The lowest BCUT2D eigenvalue weighted by atomic mass is 9.88. The van der Waals surface area contributed by atoms with Crippen molar-refractivity contribution in [1.29, 1.82) is 0 Å². The predicted octanol–water partition coefficient (Wildman–Crippen LogP) is 4.85. The smallest absolute Gasteiger partial charge is 0.193 e. The number of aliphatic imine (C=N–C) groups is 1. The Kier molecular flexibility index (Phi) is 9.12. The van der Waals surface area contributed by atoms with Gasteiger partial charge in [0.15, 0.2) is 5.96 Å². The number of hydrogen-bond acceptors (Lipinski definition) is 4. The van der Waals surface area contributed by atoms with E-state index in [-0.39, 0.29) is 24.0 Å². The number of nitrogens with one attached hydrogen (secondary N) is 2. The fourth-order valence-electron chi connectivity index (χ4n) is 4.50. The van der Waals surface area contributed by atoms with Crippen LogP contribution in [0.25, 0.3) is 11.3 Å². The maximum absolute atomic E-state index is 4.57. The number of nitrogens with zero attached hydrogens (tertiary/aromatic N) is 4. The Morgan fingerprint density at radius 1 is 1.28 bits per heavy atom. The zero-order valence-electron chi connectivity index (χ0n) is 19.0. The van der Waals surface area contributed by atoms with Gasteiger partial charge in [-0.1, -0.05) is 36.4 Å². The number of aromatic amines is 1. The molecule has 0 amide bonds. The van der Waals surface area contributed by atoms with E-state index in [0.717, 1.165) is 36.1 Å². The molecule has 0 aliphatic carbocycles.